The zero-order valence-corrected chi connectivity index (χ0v) is 27.7. The number of carbonyl (C=O) groups is 3. The van der Waals surface area contributed by atoms with Gasteiger partial charge in [0.25, 0.3) is 11.8 Å². The minimum atomic E-state index is -2.97. The minimum absolute atomic E-state index is 0.0598. The second-order valence-electron chi connectivity index (χ2n) is 11.1. The van der Waals surface area contributed by atoms with Gasteiger partial charge in [-0.15, -0.1) is 0 Å². The highest BCUT2D eigenvalue weighted by atomic mass is 31.2. The van der Waals surface area contributed by atoms with Crippen molar-refractivity contribution in [3.8, 4) is 0 Å². The van der Waals surface area contributed by atoms with E-state index in [9.17, 15) is 14.4 Å². The fourth-order valence-electron chi connectivity index (χ4n) is 5.95. The maximum atomic E-state index is 15.0. The van der Waals surface area contributed by atoms with Gasteiger partial charge in [0, 0.05) is 11.1 Å². The summed E-state index contributed by atoms with van der Waals surface area (Å²) in [6.07, 6.45) is 0. The standard InChI is InChI=1S/C42H33N2O4P/c1-48-42(47)36-29-17-18-30-37(36)43-41(46)38(44-40(45)32-21-9-3-10-22-32)39(31-19-7-2-8-20-31)49(33-23-11-4-12-24-33,34-25-13-5-14-26-34)35-27-15-6-16-28-35/h2-30H,1H3,(H-,43,44,45,46,47)/p+1. The van der Waals surface area contributed by atoms with Crippen LogP contribution in [0.25, 0.3) is 5.31 Å². The van der Waals surface area contributed by atoms with E-state index in [-0.39, 0.29) is 16.9 Å². The molecule has 0 saturated heterocycles. The highest BCUT2D eigenvalue weighted by Gasteiger charge is 2.52. The van der Waals surface area contributed by atoms with Crippen LogP contribution in [0.3, 0.4) is 0 Å². The molecule has 0 aliphatic carbocycles. The van der Waals surface area contributed by atoms with Gasteiger partial charge in [0.15, 0.2) is 5.70 Å². The lowest BCUT2D eigenvalue weighted by Gasteiger charge is -2.31. The Morgan fingerprint density at radius 3 is 1.39 bits per heavy atom. The average Bonchev–Trinajstić information content (AvgIpc) is 3.17. The number of para-hydroxylation sites is 1. The zero-order chi connectivity index (χ0) is 34.1. The Labute approximate surface area is 286 Å². The molecule has 7 heteroatoms. The predicted octanol–water partition coefficient (Wildman–Crippen LogP) is 7.20. The molecule has 6 aromatic carbocycles. The maximum absolute atomic E-state index is 15.0. The lowest BCUT2D eigenvalue weighted by atomic mass is 10.1. The molecule has 0 aromatic heterocycles. The molecule has 0 radical (unpaired) electrons. The van der Waals surface area contributed by atoms with Crippen molar-refractivity contribution in [3.63, 3.8) is 0 Å². The minimum Gasteiger partial charge on any atom is -0.465 e. The van der Waals surface area contributed by atoms with E-state index < -0.39 is 25.0 Å². The summed E-state index contributed by atoms with van der Waals surface area (Å²) in [6, 6.07) is 55.5. The van der Waals surface area contributed by atoms with Gasteiger partial charge < -0.3 is 15.4 Å². The van der Waals surface area contributed by atoms with Gasteiger partial charge in [-0.05, 0) is 60.7 Å². The number of hydrogen-bond donors (Lipinski definition) is 2. The first kappa shape index (κ1) is 32.8. The Kier molecular flexibility index (Phi) is 10.2. The lowest BCUT2D eigenvalue weighted by Crippen LogP contribution is -2.37. The molecule has 0 spiro atoms. The molecule has 2 amide bonds. The summed E-state index contributed by atoms with van der Waals surface area (Å²) in [5.41, 5.74) is 1.64. The van der Waals surface area contributed by atoms with Crippen LogP contribution in [0, 0.1) is 0 Å². The fourth-order valence-corrected chi connectivity index (χ4v) is 10.5. The number of amides is 2. The van der Waals surface area contributed by atoms with E-state index in [1.165, 1.54) is 7.11 Å². The largest absolute Gasteiger partial charge is 0.465 e. The summed E-state index contributed by atoms with van der Waals surface area (Å²) in [7, 11) is -1.68. The van der Waals surface area contributed by atoms with Crippen molar-refractivity contribution in [2.75, 3.05) is 12.4 Å². The second-order valence-corrected chi connectivity index (χ2v) is 14.4. The third kappa shape index (κ3) is 6.82. The number of hydrogen-bond acceptors (Lipinski definition) is 4. The summed E-state index contributed by atoms with van der Waals surface area (Å²) in [5, 5.41) is 9.64. The predicted molar refractivity (Wildman–Crippen MR) is 199 cm³/mol. The summed E-state index contributed by atoms with van der Waals surface area (Å²) < 4.78 is 5.02. The molecule has 6 nitrogen and oxygen atoms in total. The van der Waals surface area contributed by atoms with Crippen LogP contribution in [-0.4, -0.2) is 24.9 Å². The first-order valence-electron chi connectivity index (χ1n) is 15.7. The Hall–Kier alpha value is -6.10. The third-order valence-electron chi connectivity index (χ3n) is 8.13. The molecule has 0 saturated carbocycles. The maximum Gasteiger partial charge on any atom is 0.339 e. The van der Waals surface area contributed by atoms with Gasteiger partial charge in [0.2, 0.25) is 0 Å². The number of anilines is 1. The van der Waals surface area contributed by atoms with E-state index in [2.05, 4.69) is 47.0 Å². The summed E-state index contributed by atoms with van der Waals surface area (Å²) in [4.78, 5) is 41.9. The van der Waals surface area contributed by atoms with E-state index in [1.54, 1.807) is 48.5 Å². The van der Waals surface area contributed by atoms with Crippen molar-refractivity contribution in [2.45, 2.75) is 0 Å². The van der Waals surface area contributed by atoms with Gasteiger partial charge in [-0.25, -0.2) is 4.79 Å². The normalized spacial score (nSPS) is 11.5. The number of rotatable bonds is 10. The molecule has 2 N–H and O–H groups in total. The highest BCUT2D eigenvalue weighted by Crippen LogP contribution is 2.67. The molecular weight excluding hydrogens is 627 g/mol. The molecule has 6 rings (SSSR count). The van der Waals surface area contributed by atoms with Crippen LogP contribution in [0.4, 0.5) is 5.69 Å². The monoisotopic (exact) mass is 661 g/mol. The number of nitrogens with one attached hydrogen (secondary N) is 2. The molecule has 0 aliphatic heterocycles. The quantitative estimate of drug-likeness (QED) is 0.0924. The Morgan fingerprint density at radius 2 is 0.918 bits per heavy atom. The molecular formula is C42H34N2O4P+. The van der Waals surface area contributed by atoms with Gasteiger partial charge in [-0.1, -0.05) is 115 Å². The van der Waals surface area contributed by atoms with Crippen LogP contribution in [0.15, 0.2) is 182 Å². The lowest BCUT2D eigenvalue weighted by molar-refractivity contribution is -0.113. The number of ether oxygens (including phenoxy) is 1. The number of esters is 1. The highest BCUT2D eigenvalue weighted by molar-refractivity contribution is 8.03. The van der Waals surface area contributed by atoms with Crippen LogP contribution < -0.4 is 26.5 Å². The Morgan fingerprint density at radius 1 is 0.510 bits per heavy atom. The van der Waals surface area contributed by atoms with E-state index in [0.717, 1.165) is 21.5 Å². The van der Waals surface area contributed by atoms with Gasteiger partial charge >= 0.3 is 5.97 Å². The molecule has 0 aliphatic rings. The zero-order valence-electron chi connectivity index (χ0n) is 26.8. The van der Waals surface area contributed by atoms with Crippen molar-refractivity contribution in [1.82, 2.24) is 5.32 Å². The van der Waals surface area contributed by atoms with Crippen molar-refractivity contribution in [2.24, 2.45) is 0 Å². The fraction of sp³-hybridized carbons (Fsp3) is 0.0238. The number of methoxy groups -OCH3 is 1. The topological polar surface area (TPSA) is 84.5 Å². The SMILES string of the molecule is COC(=O)c1ccccc1NC(=O)C(NC(=O)c1ccccc1)=C(c1ccccc1)[P+](c1ccccc1)(c1ccccc1)c1ccccc1. The first-order chi connectivity index (χ1) is 24.0. The molecule has 0 atom stereocenters. The Bertz CT molecular complexity index is 1990. The molecule has 0 heterocycles. The van der Waals surface area contributed by atoms with Crippen LogP contribution in [0.1, 0.15) is 26.3 Å². The van der Waals surface area contributed by atoms with Crippen molar-refractivity contribution in [3.05, 3.63) is 198 Å². The summed E-state index contributed by atoms with van der Waals surface area (Å²) in [5.74, 6) is -1.64. The molecule has 6 aromatic rings. The van der Waals surface area contributed by atoms with E-state index in [0.29, 0.717) is 10.9 Å². The summed E-state index contributed by atoms with van der Waals surface area (Å²) >= 11 is 0. The average molecular weight is 662 g/mol. The van der Waals surface area contributed by atoms with E-state index in [4.69, 9.17) is 4.74 Å². The van der Waals surface area contributed by atoms with E-state index >= 15 is 0 Å². The van der Waals surface area contributed by atoms with Gasteiger partial charge in [-0.2, -0.15) is 0 Å². The van der Waals surface area contributed by atoms with Crippen LogP contribution in [-0.2, 0) is 9.53 Å². The van der Waals surface area contributed by atoms with Crippen LogP contribution in [0.5, 0.6) is 0 Å². The second kappa shape index (κ2) is 15.2. The van der Waals surface area contributed by atoms with Crippen LogP contribution in [0.2, 0.25) is 0 Å². The van der Waals surface area contributed by atoms with Crippen LogP contribution >= 0.6 is 7.26 Å². The van der Waals surface area contributed by atoms with Crippen molar-refractivity contribution in [1.29, 1.82) is 0 Å². The molecule has 240 valence electrons. The number of carbonyl (C=O) groups excluding carboxylic acids is 3. The van der Waals surface area contributed by atoms with Crippen molar-refractivity contribution >= 4 is 52.0 Å². The number of benzene rings is 6. The van der Waals surface area contributed by atoms with E-state index in [1.807, 2.05) is 91.0 Å². The van der Waals surface area contributed by atoms with Crippen molar-refractivity contribution < 1.29 is 19.1 Å². The van der Waals surface area contributed by atoms with Gasteiger partial charge in [0.1, 0.15) is 28.5 Å². The molecule has 0 fully saturated rings. The summed E-state index contributed by atoms with van der Waals surface area (Å²) in [6.45, 7) is 0. The first-order valence-corrected chi connectivity index (χ1v) is 17.5. The molecule has 0 unspecified atom stereocenters. The smallest absolute Gasteiger partial charge is 0.339 e. The molecule has 49 heavy (non-hydrogen) atoms. The van der Waals surface area contributed by atoms with Gasteiger partial charge in [-0.3, -0.25) is 9.59 Å². The third-order valence-corrected chi connectivity index (χ3v) is 12.5. The van der Waals surface area contributed by atoms with Gasteiger partial charge in [0.05, 0.1) is 18.4 Å². The Balaban J connectivity index is 1.74. The molecule has 0 bridgehead atoms.